The summed E-state index contributed by atoms with van der Waals surface area (Å²) in [4.78, 5) is 37.5. The molecular weight excluding hydrogens is 410 g/mol. The lowest BCUT2D eigenvalue weighted by Crippen LogP contribution is -2.35. The molecule has 0 saturated carbocycles. The van der Waals surface area contributed by atoms with Crippen molar-refractivity contribution in [1.29, 1.82) is 0 Å². The van der Waals surface area contributed by atoms with Crippen LogP contribution in [0.4, 0.5) is 5.69 Å². The van der Waals surface area contributed by atoms with Crippen LogP contribution in [0.5, 0.6) is 0 Å². The number of nitrogens with one attached hydrogen (secondary N) is 1. The second-order valence-electron chi connectivity index (χ2n) is 8.16. The summed E-state index contributed by atoms with van der Waals surface area (Å²) in [6.07, 6.45) is 3.05. The summed E-state index contributed by atoms with van der Waals surface area (Å²) in [7, 11) is 0. The first-order valence-corrected chi connectivity index (χ1v) is 10.8. The van der Waals surface area contributed by atoms with E-state index in [-0.39, 0.29) is 22.4 Å². The van der Waals surface area contributed by atoms with Crippen LogP contribution < -0.4 is 10.7 Å². The highest BCUT2D eigenvalue weighted by atomic mass is 16.6. The Morgan fingerprint density at radius 2 is 1.88 bits per heavy atom. The van der Waals surface area contributed by atoms with E-state index < -0.39 is 16.3 Å². The van der Waals surface area contributed by atoms with Gasteiger partial charge in [0.05, 0.1) is 10.3 Å². The maximum atomic E-state index is 12.5. The maximum Gasteiger partial charge on any atom is 0.287 e. The summed E-state index contributed by atoms with van der Waals surface area (Å²) < 4.78 is 5.51. The molecule has 1 fully saturated rings. The molecule has 1 N–H and O–H groups in total. The molecule has 8 nitrogen and oxygen atoms in total. The summed E-state index contributed by atoms with van der Waals surface area (Å²) in [5, 5.41) is 13.8. The highest BCUT2D eigenvalue weighted by Gasteiger charge is 2.20. The fourth-order valence-electron chi connectivity index (χ4n) is 4.12. The molecule has 166 valence electrons. The van der Waals surface area contributed by atoms with Gasteiger partial charge in [-0.25, -0.2) is 0 Å². The van der Waals surface area contributed by atoms with Crippen LogP contribution in [-0.4, -0.2) is 35.4 Å². The third-order valence-electron chi connectivity index (χ3n) is 5.94. The van der Waals surface area contributed by atoms with E-state index in [4.69, 9.17) is 4.42 Å². The van der Waals surface area contributed by atoms with Gasteiger partial charge in [0.1, 0.15) is 5.58 Å². The zero-order valence-corrected chi connectivity index (χ0v) is 17.7. The molecule has 1 amide bonds. The first-order valence-electron chi connectivity index (χ1n) is 10.8. The molecule has 1 aromatic heterocycles. The van der Waals surface area contributed by atoms with Crippen LogP contribution in [0, 0.1) is 16.0 Å². The smallest absolute Gasteiger partial charge is 0.287 e. The third kappa shape index (κ3) is 5.20. The number of nitro groups is 1. The molecule has 2 heterocycles. The Balaban J connectivity index is 1.27. The van der Waals surface area contributed by atoms with Gasteiger partial charge in [-0.1, -0.05) is 30.3 Å². The van der Waals surface area contributed by atoms with Crippen molar-refractivity contribution < 1.29 is 14.1 Å². The molecule has 0 aliphatic carbocycles. The van der Waals surface area contributed by atoms with E-state index in [0.717, 1.165) is 51.0 Å². The Labute approximate surface area is 185 Å². The van der Waals surface area contributed by atoms with E-state index in [9.17, 15) is 19.7 Å². The molecule has 4 rings (SSSR count). The summed E-state index contributed by atoms with van der Waals surface area (Å²) in [5.41, 5.74) is 0.798. The molecule has 3 aromatic rings. The van der Waals surface area contributed by atoms with Crippen molar-refractivity contribution in [2.45, 2.75) is 25.8 Å². The zero-order chi connectivity index (χ0) is 22.5. The van der Waals surface area contributed by atoms with Crippen molar-refractivity contribution in [2.75, 3.05) is 19.6 Å². The molecule has 1 saturated heterocycles. The van der Waals surface area contributed by atoms with Crippen LogP contribution in [0.15, 0.2) is 63.8 Å². The maximum absolute atomic E-state index is 12.5. The lowest BCUT2D eigenvalue weighted by Gasteiger charge is -2.32. The summed E-state index contributed by atoms with van der Waals surface area (Å²) in [5.74, 6) is 0.00406. The third-order valence-corrected chi connectivity index (χ3v) is 5.94. The Hall–Kier alpha value is -3.52. The molecule has 8 heteroatoms. The number of nitrogens with zero attached hydrogens (tertiary/aromatic N) is 2. The summed E-state index contributed by atoms with van der Waals surface area (Å²) in [6.45, 7) is 3.55. The molecular formula is C24H25N3O5. The Bertz CT molecular complexity index is 1170. The van der Waals surface area contributed by atoms with E-state index in [1.165, 1.54) is 17.7 Å². The van der Waals surface area contributed by atoms with Crippen molar-refractivity contribution >= 4 is 22.6 Å². The number of carbonyl (C=O) groups is 1. The zero-order valence-electron chi connectivity index (χ0n) is 17.7. The second kappa shape index (κ2) is 9.74. The van der Waals surface area contributed by atoms with Gasteiger partial charge in [0.25, 0.3) is 11.6 Å². The molecule has 32 heavy (non-hydrogen) atoms. The number of hydrogen-bond acceptors (Lipinski definition) is 6. The van der Waals surface area contributed by atoms with Crippen LogP contribution in [0.1, 0.15) is 35.4 Å². The Morgan fingerprint density at radius 1 is 1.12 bits per heavy atom. The predicted octanol–water partition coefficient (Wildman–Crippen LogP) is 3.73. The first-order chi connectivity index (χ1) is 15.5. The van der Waals surface area contributed by atoms with Crippen LogP contribution in [0.25, 0.3) is 11.0 Å². The first kappa shape index (κ1) is 21.7. The minimum Gasteiger partial charge on any atom is -0.451 e. The van der Waals surface area contributed by atoms with E-state index in [0.29, 0.717) is 12.5 Å². The number of rotatable bonds is 7. The van der Waals surface area contributed by atoms with Gasteiger partial charge in [-0.2, -0.15) is 0 Å². The van der Waals surface area contributed by atoms with Crippen LogP contribution in [-0.2, 0) is 6.54 Å². The number of piperidine rings is 1. The van der Waals surface area contributed by atoms with Gasteiger partial charge in [-0.15, -0.1) is 0 Å². The largest absolute Gasteiger partial charge is 0.451 e. The van der Waals surface area contributed by atoms with E-state index in [1.807, 2.05) is 6.07 Å². The molecule has 0 spiro atoms. The monoisotopic (exact) mass is 435 g/mol. The van der Waals surface area contributed by atoms with Gasteiger partial charge < -0.3 is 9.73 Å². The summed E-state index contributed by atoms with van der Waals surface area (Å²) in [6, 6.07) is 15.3. The standard InChI is InChI=1S/C24H25N3O5/c28-21-15-23(32-22-7-6-19(27(30)31)14-20(21)22)24(29)25-11-8-17-9-12-26(13-10-17)16-18-4-2-1-3-5-18/h1-7,14-15,17H,8-13,16H2,(H,25,29). The van der Waals surface area contributed by atoms with E-state index in [1.54, 1.807) is 0 Å². The van der Waals surface area contributed by atoms with Crippen LogP contribution >= 0.6 is 0 Å². The lowest BCUT2D eigenvalue weighted by atomic mass is 9.93. The Kier molecular flexibility index (Phi) is 6.61. The number of nitro benzene ring substituents is 1. The van der Waals surface area contributed by atoms with Crippen LogP contribution in [0.3, 0.4) is 0 Å². The topological polar surface area (TPSA) is 106 Å². The average molecular weight is 435 g/mol. The van der Waals surface area contributed by atoms with Crippen LogP contribution in [0.2, 0.25) is 0 Å². The number of carbonyl (C=O) groups excluding carboxylic acids is 1. The van der Waals surface area contributed by atoms with Crippen molar-refractivity contribution in [2.24, 2.45) is 5.92 Å². The van der Waals surface area contributed by atoms with E-state index in [2.05, 4.69) is 34.5 Å². The number of benzene rings is 2. The molecule has 0 bridgehead atoms. The SMILES string of the molecule is O=C(NCCC1CCN(Cc2ccccc2)CC1)c1cc(=O)c2cc([N+](=O)[O-])ccc2o1. The summed E-state index contributed by atoms with van der Waals surface area (Å²) >= 11 is 0. The molecule has 0 radical (unpaired) electrons. The number of hydrogen-bond donors (Lipinski definition) is 1. The lowest BCUT2D eigenvalue weighted by molar-refractivity contribution is -0.384. The Morgan fingerprint density at radius 3 is 2.59 bits per heavy atom. The quantitative estimate of drug-likeness (QED) is 0.448. The number of likely N-dealkylation sites (tertiary alicyclic amines) is 1. The van der Waals surface area contributed by atoms with Gasteiger partial charge in [0, 0.05) is 31.3 Å². The molecule has 0 atom stereocenters. The van der Waals surface area contributed by atoms with Gasteiger partial charge in [0.15, 0.2) is 11.2 Å². The van der Waals surface area contributed by atoms with Crippen molar-refractivity contribution in [3.63, 3.8) is 0 Å². The van der Waals surface area contributed by atoms with Gasteiger partial charge in [0.2, 0.25) is 0 Å². The fourth-order valence-corrected chi connectivity index (χ4v) is 4.12. The number of fused-ring (bicyclic) bond motifs is 1. The average Bonchev–Trinajstić information content (AvgIpc) is 2.80. The van der Waals surface area contributed by atoms with Crippen molar-refractivity contribution in [1.82, 2.24) is 10.2 Å². The molecule has 2 aromatic carbocycles. The second-order valence-corrected chi connectivity index (χ2v) is 8.16. The normalized spacial score (nSPS) is 15.0. The van der Waals surface area contributed by atoms with Gasteiger partial charge in [-0.05, 0) is 49.9 Å². The molecule has 1 aliphatic heterocycles. The predicted molar refractivity (Wildman–Crippen MR) is 121 cm³/mol. The minimum atomic E-state index is -0.578. The van der Waals surface area contributed by atoms with Gasteiger partial charge >= 0.3 is 0 Å². The van der Waals surface area contributed by atoms with E-state index >= 15 is 0 Å². The van der Waals surface area contributed by atoms with Gasteiger partial charge in [-0.3, -0.25) is 24.6 Å². The van der Waals surface area contributed by atoms with Crippen molar-refractivity contribution in [3.05, 3.63) is 86.3 Å². The highest BCUT2D eigenvalue weighted by Crippen LogP contribution is 2.22. The number of non-ortho nitro benzene ring substituents is 1. The number of amides is 1. The fraction of sp³-hybridized carbons (Fsp3) is 0.333. The highest BCUT2D eigenvalue weighted by molar-refractivity contribution is 5.93. The molecule has 1 aliphatic rings. The minimum absolute atomic E-state index is 0.0815. The molecule has 0 unspecified atom stereocenters. The van der Waals surface area contributed by atoms with Crippen molar-refractivity contribution in [3.8, 4) is 0 Å².